The summed E-state index contributed by atoms with van der Waals surface area (Å²) in [5.41, 5.74) is 2.67. The van der Waals surface area contributed by atoms with E-state index in [0.29, 0.717) is 25.2 Å². The normalized spacial score (nSPS) is 10.6. The molecule has 2 N–H and O–H groups in total. The maximum atomic E-state index is 11.0. The Labute approximate surface area is 111 Å². The number of ether oxygens (including phenoxy) is 1. The molecule has 0 saturated carbocycles. The number of carboxylic acid groups (broad SMARTS) is 1. The van der Waals surface area contributed by atoms with E-state index in [0.717, 1.165) is 11.3 Å². The number of aryl methyl sites for hydroxylation is 1. The van der Waals surface area contributed by atoms with Gasteiger partial charge in [-0.25, -0.2) is 4.79 Å². The van der Waals surface area contributed by atoms with Gasteiger partial charge in [-0.2, -0.15) is 5.10 Å². The van der Waals surface area contributed by atoms with E-state index in [2.05, 4.69) is 10.2 Å². The Morgan fingerprint density at radius 1 is 1.37 bits per heavy atom. The molecule has 0 aliphatic carbocycles. The number of aromatic nitrogens is 2. The Morgan fingerprint density at radius 3 is 2.79 bits per heavy atom. The van der Waals surface area contributed by atoms with Crippen molar-refractivity contribution in [2.45, 2.75) is 20.0 Å². The highest BCUT2D eigenvalue weighted by Crippen LogP contribution is 2.12. The van der Waals surface area contributed by atoms with Crippen LogP contribution in [0.5, 0.6) is 0 Å². The Bertz CT molecular complexity index is 549. The van der Waals surface area contributed by atoms with Gasteiger partial charge in [0.15, 0.2) is 5.69 Å². The molecule has 5 heteroatoms. The van der Waals surface area contributed by atoms with Gasteiger partial charge in [0.1, 0.15) is 0 Å². The summed E-state index contributed by atoms with van der Waals surface area (Å²) in [6.07, 6.45) is 0.538. The van der Waals surface area contributed by atoms with Crippen LogP contribution in [0, 0.1) is 6.92 Å². The first-order chi connectivity index (χ1) is 9.18. The highest BCUT2D eigenvalue weighted by Gasteiger charge is 2.15. The number of aromatic amines is 1. The van der Waals surface area contributed by atoms with Crippen molar-refractivity contribution in [3.05, 3.63) is 52.8 Å². The lowest BCUT2D eigenvalue weighted by Crippen LogP contribution is -2.06. The lowest BCUT2D eigenvalue weighted by Gasteiger charge is -2.04. The molecule has 1 heterocycles. The fraction of sp³-hybridized carbons (Fsp3) is 0.286. The molecule has 2 aromatic rings. The molecule has 1 aromatic heterocycles. The summed E-state index contributed by atoms with van der Waals surface area (Å²) < 4.78 is 5.55. The lowest BCUT2D eigenvalue weighted by molar-refractivity contribution is 0.0688. The van der Waals surface area contributed by atoms with E-state index in [4.69, 9.17) is 9.84 Å². The van der Waals surface area contributed by atoms with Gasteiger partial charge in [0.2, 0.25) is 0 Å². The average Bonchev–Trinajstić information content (AvgIpc) is 2.77. The van der Waals surface area contributed by atoms with E-state index in [1.807, 2.05) is 37.3 Å². The predicted molar refractivity (Wildman–Crippen MR) is 70.1 cm³/mol. The maximum absolute atomic E-state index is 11.0. The number of rotatable bonds is 6. The van der Waals surface area contributed by atoms with Crippen LogP contribution < -0.4 is 0 Å². The summed E-state index contributed by atoms with van der Waals surface area (Å²) in [5.74, 6) is -1.01. The van der Waals surface area contributed by atoms with Crippen LogP contribution in [0.4, 0.5) is 0 Å². The quantitative estimate of drug-likeness (QED) is 0.780. The van der Waals surface area contributed by atoms with Crippen LogP contribution in [0.1, 0.15) is 27.3 Å². The zero-order chi connectivity index (χ0) is 13.7. The molecule has 1 aromatic carbocycles. The third-order valence-corrected chi connectivity index (χ3v) is 2.88. The summed E-state index contributed by atoms with van der Waals surface area (Å²) in [4.78, 5) is 11.0. The molecule has 0 radical (unpaired) electrons. The molecule has 0 amide bonds. The zero-order valence-corrected chi connectivity index (χ0v) is 10.7. The highest BCUT2D eigenvalue weighted by atomic mass is 16.5. The molecule has 100 valence electrons. The Balaban J connectivity index is 1.86. The summed E-state index contributed by atoms with van der Waals surface area (Å²) in [6.45, 7) is 2.81. The van der Waals surface area contributed by atoms with E-state index in [1.54, 1.807) is 0 Å². The van der Waals surface area contributed by atoms with Crippen molar-refractivity contribution in [3.8, 4) is 0 Å². The minimum absolute atomic E-state index is 0.0841. The minimum Gasteiger partial charge on any atom is -0.476 e. The van der Waals surface area contributed by atoms with Crippen molar-refractivity contribution >= 4 is 5.97 Å². The van der Waals surface area contributed by atoms with Crippen molar-refractivity contribution in [3.63, 3.8) is 0 Å². The van der Waals surface area contributed by atoms with Gasteiger partial charge in [-0.05, 0) is 12.5 Å². The van der Waals surface area contributed by atoms with Gasteiger partial charge in [0, 0.05) is 17.7 Å². The fourth-order valence-corrected chi connectivity index (χ4v) is 1.87. The molecule has 0 aliphatic rings. The van der Waals surface area contributed by atoms with Crippen LogP contribution in [-0.2, 0) is 17.8 Å². The van der Waals surface area contributed by atoms with Crippen molar-refractivity contribution in [1.29, 1.82) is 0 Å². The smallest absolute Gasteiger partial charge is 0.356 e. The molecule has 0 aliphatic heterocycles. The first-order valence-corrected chi connectivity index (χ1v) is 6.07. The number of carbonyl (C=O) groups is 1. The summed E-state index contributed by atoms with van der Waals surface area (Å²) in [6, 6.07) is 9.86. The monoisotopic (exact) mass is 260 g/mol. The minimum atomic E-state index is -1.01. The topological polar surface area (TPSA) is 75.2 Å². The van der Waals surface area contributed by atoms with E-state index in [9.17, 15) is 4.79 Å². The zero-order valence-electron chi connectivity index (χ0n) is 10.7. The van der Waals surface area contributed by atoms with Gasteiger partial charge in [0.25, 0.3) is 0 Å². The first-order valence-electron chi connectivity index (χ1n) is 6.07. The molecule has 0 atom stereocenters. The first kappa shape index (κ1) is 13.3. The van der Waals surface area contributed by atoms with Crippen LogP contribution in [0.3, 0.4) is 0 Å². The lowest BCUT2D eigenvalue weighted by atomic mass is 10.1. The van der Waals surface area contributed by atoms with Crippen LogP contribution in [0.2, 0.25) is 0 Å². The van der Waals surface area contributed by atoms with Crippen LogP contribution in [0.15, 0.2) is 30.3 Å². The molecule has 19 heavy (non-hydrogen) atoms. The molecular formula is C14H16N2O3. The van der Waals surface area contributed by atoms with Crippen molar-refractivity contribution in [2.24, 2.45) is 0 Å². The Morgan fingerprint density at radius 2 is 2.11 bits per heavy atom. The second-order valence-electron chi connectivity index (χ2n) is 4.27. The summed E-state index contributed by atoms with van der Waals surface area (Å²) in [7, 11) is 0. The molecule has 0 bridgehead atoms. The summed E-state index contributed by atoms with van der Waals surface area (Å²) >= 11 is 0. The number of H-pyrrole nitrogens is 1. The third-order valence-electron chi connectivity index (χ3n) is 2.88. The molecule has 0 spiro atoms. The number of hydrogen-bond donors (Lipinski definition) is 2. The van der Waals surface area contributed by atoms with Crippen molar-refractivity contribution in [1.82, 2.24) is 10.2 Å². The SMILES string of the molecule is Cc1[nH]nc(C(=O)O)c1CCOCc1ccccc1. The number of benzene rings is 1. The Hall–Kier alpha value is -2.14. The Kier molecular flexibility index (Phi) is 4.30. The number of aromatic carboxylic acids is 1. The number of carboxylic acids is 1. The van der Waals surface area contributed by atoms with Gasteiger partial charge >= 0.3 is 5.97 Å². The van der Waals surface area contributed by atoms with E-state index < -0.39 is 5.97 Å². The van der Waals surface area contributed by atoms with E-state index in [1.165, 1.54) is 0 Å². The van der Waals surface area contributed by atoms with E-state index in [-0.39, 0.29) is 5.69 Å². The highest BCUT2D eigenvalue weighted by molar-refractivity contribution is 5.87. The van der Waals surface area contributed by atoms with E-state index >= 15 is 0 Å². The largest absolute Gasteiger partial charge is 0.476 e. The molecular weight excluding hydrogens is 244 g/mol. The van der Waals surface area contributed by atoms with Crippen LogP contribution in [0.25, 0.3) is 0 Å². The molecule has 2 rings (SSSR count). The second kappa shape index (κ2) is 6.15. The number of hydrogen-bond acceptors (Lipinski definition) is 3. The number of nitrogens with zero attached hydrogens (tertiary/aromatic N) is 1. The van der Waals surface area contributed by atoms with Gasteiger partial charge in [-0.1, -0.05) is 30.3 Å². The van der Waals surface area contributed by atoms with Gasteiger partial charge in [-0.3, -0.25) is 5.10 Å². The number of nitrogens with one attached hydrogen (secondary N) is 1. The third kappa shape index (κ3) is 3.42. The second-order valence-corrected chi connectivity index (χ2v) is 4.27. The van der Waals surface area contributed by atoms with Crippen molar-refractivity contribution < 1.29 is 14.6 Å². The van der Waals surface area contributed by atoms with Crippen molar-refractivity contribution in [2.75, 3.05) is 6.61 Å². The standard InChI is InChI=1S/C14H16N2O3/c1-10-12(13(14(17)18)16-15-10)7-8-19-9-11-5-3-2-4-6-11/h2-6H,7-9H2,1H3,(H,15,16)(H,17,18). The fourth-order valence-electron chi connectivity index (χ4n) is 1.87. The predicted octanol–water partition coefficient (Wildman–Crippen LogP) is 2.18. The van der Waals surface area contributed by atoms with Crippen LogP contribution in [-0.4, -0.2) is 27.9 Å². The molecule has 0 unspecified atom stereocenters. The van der Waals surface area contributed by atoms with Gasteiger partial charge < -0.3 is 9.84 Å². The molecule has 0 saturated heterocycles. The maximum Gasteiger partial charge on any atom is 0.356 e. The molecule has 0 fully saturated rings. The molecule has 5 nitrogen and oxygen atoms in total. The average molecular weight is 260 g/mol. The van der Waals surface area contributed by atoms with Gasteiger partial charge in [0.05, 0.1) is 13.2 Å². The summed E-state index contributed by atoms with van der Waals surface area (Å²) in [5, 5.41) is 15.5. The van der Waals surface area contributed by atoms with Crippen LogP contribution >= 0.6 is 0 Å². The van der Waals surface area contributed by atoms with Gasteiger partial charge in [-0.15, -0.1) is 0 Å².